The maximum Gasteiger partial charge on any atom is 0.172 e. The molecule has 3 heteroatoms. The number of ketones is 1. The van der Waals surface area contributed by atoms with E-state index in [0.29, 0.717) is 11.0 Å². The average Bonchev–Trinajstić information content (AvgIpc) is 2.75. The molecule has 0 aromatic heterocycles. The van der Waals surface area contributed by atoms with Crippen LogP contribution in [0.15, 0.2) is 18.2 Å². The van der Waals surface area contributed by atoms with Crippen LogP contribution in [0.25, 0.3) is 0 Å². The molecule has 2 unspecified atom stereocenters. The first kappa shape index (κ1) is 13.6. The summed E-state index contributed by atoms with van der Waals surface area (Å²) in [6.45, 7) is 7.03. The van der Waals surface area contributed by atoms with Gasteiger partial charge in [0.25, 0.3) is 0 Å². The molecule has 98 valence electrons. The highest BCUT2D eigenvalue weighted by Gasteiger charge is 2.25. The van der Waals surface area contributed by atoms with Gasteiger partial charge >= 0.3 is 0 Å². The van der Waals surface area contributed by atoms with Gasteiger partial charge in [0.1, 0.15) is 0 Å². The van der Waals surface area contributed by atoms with Crippen molar-refractivity contribution in [3.63, 3.8) is 0 Å². The first-order chi connectivity index (χ1) is 8.58. The van der Waals surface area contributed by atoms with E-state index in [1.807, 2.05) is 25.1 Å². The van der Waals surface area contributed by atoms with Crippen molar-refractivity contribution in [2.75, 3.05) is 12.4 Å². The van der Waals surface area contributed by atoms with E-state index in [0.717, 1.165) is 18.6 Å². The molecule has 1 aromatic rings. The Labute approximate surface area is 113 Å². The van der Waals surface area contributed by atoms with E-state index < -0.39 is 0 Å². The van der Waals surface area contributed by atoms with Crippen LogP contribution in [-0.4, -0.2) is 29.5 Å². The fraction of sp³-hybridized carbons (Fsp3) is 0.533. The summed E-state index contributed by atoms with van der Waals surface area (Å²) in [5, 5.41) is 0.473. The number of thioether (sulfide) groups is 1. The Morgan fingerprint density at radius 3 is 2.78 bits per heavy atom. The molecule has 0 radical (unpaired) electrons. The monoisotopic (exact) mass is 264 g/mol. The Hall–Kier alpha value is -0.800. The molecule has 0 amide bonds. The molecule has 0 aliphatic carbocycles. The molecule has 0 bridgehead atoms. The van der Waals surface area contributed by atoms with Crippen LogP contribution in [0.3, 0.4) is 0 Å². The summed E-state index contributed by atoms with van der Waals surface area (Å²) < 4.78 is 5.51. The van der Waals surface area contributed by atoms with Crippen molar-refractivity contribution < 1.29 is 9.53 Å². The van der Waals surface area contributed by atoms with Gasteiger partial charge in [-0.2, -0.15) is 0 Å². The van der Waals surface area contributed by atoms with Crippen LogP contribution in [0.5, 0.6) is 0 Å². The predicted molar refractivity (Wildman–Crippen MR) is 76.5 cm³/mol. The van der Waals surface area contributed by atoms with Gasteiger partial charge in [0.2, 0.25) is 0 Å². The van der Waals surface area contributed by atoms with Gasteiger partial charge < -0.3 is 4.74 Å². The minimum Gasteiger partial charge on any atom is -0.377 e. The lowest BCUT2D eigenvalue weighted by Crippen LogP contribution is -2.16. The molecule has 1 fully saturated rings. The van der Waals surface area contributed by atoms with E-state index >= 15 is 0 Å². The molecule has 0 N–H and O–H groups in total. The Bertz CT molecular complexity index is 442. The topological polar surface area (TPSA) is 26.3 Å². The van der Waals surface area contributed by atoms with Gasteiger partial charge in [-0.25, -0.2) is 0 Å². The molecule has 0 saturated carbocycles. The molecule has 1 heterocycles. The highest BCUT2D eigenvalue weighted by molar-refractivity contribution is 8.00. The second kappa shape index (κ2) is 5.89. The largest absolute Gasteiger partial charge is 0.377 e. The minimum absolute atomic E-state index is 0.224. The van der Waals surface area contributed by atoms with Crippen LogP contribution < -0.4 is 0 Å². The Balaban J connectivity index is 1.93. The van der Waals surface area contributed by atoms with Crippen LogP contribution >= 0.6 is 11.8 Å². The highest BCUT2D eigenvalue weighted by atomic mass is 32.2. The molecule has 1 saturated heterocycles. The van der Waals surface area contributed by atoms with Crippen molar-refractivity contribution in [2.45, 2.75) is 38.5 Å². The second-order valence-electron chi connectivity index (χ2n) is 4.94. The zero-order valence-electron chi connectivity index (χ0n) is 11.2. The van der Waals surface area contributed by atoms with E-state index in [2.05, 4.69) is 13.8 Å². The van der Waals surface area contributed by atoms with Gasteiger partial charge in [-0.1, -0.05) is 12.1 Å². The summed E-state index contributed by atoms with van der Waals surface area (Å²) in [7, 11) is 0. The SMILES string of the molecule is Cc1ccc(C(=O)CSC2CCOC2C)cc1C. The van der Waals surface area contributed by atoms with E-state index in [9.17, 15) is 4.79 Å². The molecule has 2 rings (SSSR count). The van der Waals surface area contributed by atoms with Gasteiger partial charge in [0.15, 0.2) is 5.78 Å². The maximum atomic E-state index is 12.1. The van der Waals surface area contributed by atoms with Crippen molar-refractivity contribution in [1.29, 1.82) is 0 Å². The highest BCUT2D eigenvalue weighted by Crippen LogP contribution is 2.26. The van der Waals surface area contributed by atoms with Crippen molar-refractivity contribution >= 4 is 17.5 Å². The molecule has 0 spiro atoms. The summed E-state index contributed by atoms with van der Waals surface area (Å²) in [6, 6.07) is 5.95. The van der Waals surface area contributed by atoms with E-state index in [-0.39, 0.29) is 11.9 Å². The Kier molecular flexibility index (Phi) is 4.46. The molecule has 1 aromatic carbocycles. The van der Waals surface area contributed by atoms with Crippen molar-refractivity contribution in [1.82, 2.24) is 0 Å². The van der Waals surface area contributed by atoms with Crippen molar-refractivity contribution in [3.05, 3.63) is 34.9 Å². The number of rotatable bonds is 4. The zero-order chi connectivity index (χ0) is 13.1. The first-order valence-electron chi connectivity index (χ1n) is 6.41. The molecule has 2 nitrogen and oxygen atoms in total. The molecule has 2 atom stereocenters. The van der Waals surface area contributed by atoms with Crippen molar-refractivity contribution in [3.8, 4) is 0 Å². The van der Waals surface area contributed by atoms with Crippen LogP contribution in [-0.2, 0) is 4.74 Å². The molecule has 1 aliphatic rings. The fourth-order valence-corrected chi connectivity index (χ4v) is 3.26. The summed E-state index contributed by atoms with van der Waals surface area (Å²) in [4.78, 5) is 12.1. The number of ether oxygens (including phenoxy) is 1. The van der Waals surface area contributed by atoms with Gasteiger partial charge in [-0.15, -0.1) is 11.8 Å². The fourth-order valence-electron chi connectivity index (χ4n) is 2.11. The summed E-state index contributed by atoms with van der Waals surface area (Å²) in [5.41, 5.74) is 3.25. The lowest BCUT2D eigenvalue weighted by atomic mass is 10.0. The predicted octanol–water partition coefficient (Wildman–Crippen LogP) is 3.40. The van der Waals surface area contributed by atoms with Crippen molar-refractivity contribution in [2.24, 2.45) is 0 Å². The number of Topliss-reactive ketones (excluding diaryl/α,β-unsaturated/α-hetero) is 1. The molecule has 18 heavy (non-hydrogen) atoms. The lowest BCUT2D eigenvalue weighted by Gasteiger charge is -2.13. The number of carbonyl (C=O) groups is 1. The summed E-state index contributed by atoms with van der Waals surface area (Å²) in [5.74, 6) is 0.781. The number of carbonyl (C=O) groups excluding carboxylic acids is 1. The number of aryl methyl sites for hydroxylation is 2. The second-order valence-corrected chi connectivity index (χ2v) is 6.16. The normalized spacial score (nSPS) is 23.3. The van der Waals surface area contributed by atoms with Gasteiger partial charge in [0, 0.05) is 17.4 Å². The standard InChI is InChI=1S/C15H20O2S/c1-10-4-5-13(8-11(10)2)14(16)9-18-15-6-7-17-12(15)3/h4-5,8,12,15H,6-7,9H2,1-3H3. The zero-order valence-corrected chi connectivity index (χ0v) is 12.0. The van der Waals surface area contributed by atoms with Crippen LogP contribution in [0.4, 0.5) is 0 Å². The number of hydrogen-bond acceptors (Lipinski definition) is 3. The third-order valence-corrected chi connectivity index (χ3v) is 5.04. The average molecular weight is 264 g/mol. The van der Waals surface area contributed by atoms with Crippen LogP contribution in [0.2, 0.25) is 0 Å². The Morgan fingerprint density at radius 1 is 1.39 bits per heavy atom. The maximum absolute atomic E-state index is 12.1. The van der Waals surface area contributed by atoms with Gasteiger partial charge in [-0.05, 0) is 44.4 Å². The third kappa shape index (κ3) is 3.15. The molecule has 1 aliphatic heterocycles. The van der Waals surface area contributed by atoms with Crippen LogP contribution in [0.1, 0.15) is 34.8 Å². The van der Waals surface area contributed by atoms with Gasteiger partial charge in [-0.3, -0.25) is 4.79 Å². The summed E-state index contributed by atoms with van der Waals surface area (Å²) in [6.07, 6.45) is 1.34. The number of benzene rings is 1. The minimum atomic E-state index is 0.224. The smallest absolute Gasteiger partial charge is 0.172 e. The quantitative estimate of drug-likeness (QED) is 0.780. The molecular formula is C15H20O2S. The Morgan fingerprint density at radius 2 is 2.17 bits per heavy atom. The third-order valence-electron chi connectivity index (χ3n) is 3.56. The van der Waals surface area contributed by atoms with E-state index in [1.54, 1.807) is 11.8 Å². The first-order valence-corrected chi connectivity index (χ1v) is 7.46. The van der Waals surface area contributed by atoms with Gasteiger partial charge in [0.05, 0.1) is 11.9 Å². The van der Waals surface area contributed by atoms with E-state index in [1.165, 1.54) is 11.1 Å². The van der Waals surface area contributed by atoms with E-state index in [4.69, 9.17) is 4.74 Å². The summed E-state index contributed by atoms with van der Waals surface area (Å²) >= 11 is 1.73. The molecular weight excluding hydrogens is 244 g/mol. The lowest BCUT2D eigenvalue weighted by molar-refractivity contribution is 0.102. The van der Waals surface area contributed by atoms with Crippen LogP contribution in [0, 0.1) is 13.8 Å². The number of hydrogen-bond donors (Lipinski definition) is 0.